The molecule has 3 aromatic rings. The minimum atomic E-state index is -0.0965. The lowest BCUT2D eigenvalue weighted by Crippen LogP contribution is -2.24. The number of halogens is 1. The number of nitrogens with one attached hydrogen (secondary N) is 1. The van der Waals surface area contributed by atoms with Gasteiger partial charge in [-0.2, -0.15) is 0 Å². The Morgan fingerprint density at radius 1 is 0.750 bits per heavy atom. The van der Waals surface area contributed by atoms with Crippen LogP contribution in [0.2, 0.25) is 5.02 Å². The Morgan fingerprint density at radius 2 is 1.46 bits per heavy atom. The third-order valence-electron chi connectivity index (χ3n) is 4.52. The predicted molar refractivity (Wildman–Crippen MR) is 114 cm³/mol. The standard InChI is InChI=1S/C24H22ClNO2/c25-22-10-6-9-21(17-22)23(27)11-4-5-16-26-24(28)20-14-12-19(13-15-20)18-7-2-1-3-8-18/h1-3,6-10,12-15,17H,4-5,11,16H2,(H,26,28). The number of amides is 1. The van der Waals surface area contributed by atoms with E-state index in [4.69, 9.17) is 11.6 Å². The first-order chi connectivity index (χ1) is 13.6. The van der Waals surface area contributed by atoms with Crippen LogP contribution in [0.25, 0.3) is 11.1 Å². The largest absolute Gasteiger partial charge is 0.352 e. The number of rotatable bonds is 8. The lowest BCUT2D eigenvalue weighted by Gasteiger charge is -2.07. The normalized spacial score (nSPS) is 10.5. The predicted octanol–water partition coefficient (Wildman–Crippen LogP) is 5.79. The Hall–Kier alpha value is -2.91. The molecule has 0 heterocycles. The number of unbranched alkanes of at least 4 members (excludes halogenated alkanes) is 1. The van der Waals surface area contributed by atoms with Crippen LogP contribution in [-0.2, 0) is 0 Å². The SMILES string of the molecule is O=C(CCCCNC(=O)c1ccc(-c2ccccc2)cc1)c1cccc(Cl)c1. The molecule has 1 N–H and O–H groups in total. The number of benzene rings is 3. The minimum absolute atomic E-state index is 0.0744. The molecule has 0 radical (unpaired) electrons. The van der Waals surface area contributed by atoms with E-state index < -0.39 is 0 Å². The molecule has 3 nitrogen and oxygen atoms in total. The molecule has 4 heteroatoms. The second-order valence-electron chi connectivity index (χ2n) is 6.59. The minimum Gasteiger partial charge on any atom is -0.352 e. The van der Waals surface area contributed by atoms with E-state index in [1.54, 1.807) is 24.3 Å². The summed E-state index contributed by atoms with van der Waals surface area (Å²) >= 11 is 5.91. The van der Waals surface area contributed by atoms with E-state index in [0.29, 0.717) is 29.1 Å². The molecular weight excluding hydrogens is 370 g/mol. The van der Waals surface area contributed by atoms with Crippen molar-refractivity contribution in [1.82, 2.24) is 5.32 Å². The van der Waals surface area contributed by atoms with Crippen LogP contribution in [-0.4, -0.2) is 18.2 Å². The van der Waals surface area contributed by atoms with Crippen LogP contribution in [0.1, 0.15) is 40.0 Å². The smallest absolute Gasteiger partial charge is 0.251 e. The number of hydrogen-bond acceptors (Lipinski definition) is 2. The van der Waals surface area contributed by atoms with E-state index in [1.807, 2.05) is 54.6 Å². The molecule has 0 atom stereocenters. The molecule has 142 valence electrons. The molecule has 3 rings (SSSR count). The lowest BCUT2D eigenvalue weighted by molar-refractivity contribution is 0.0953. The second-order valence-corrected chi connectivity index (χ2v) is 7.03. The summed E-state index contributed by atoms with van der Waals surface area (Å²) in [5.41, 5.74) is 3.47. The van der Waals surface area contributed by atoms with Gasteiger partial charge in [0.15, 0.2) is 5.78 Å². The molecule has 0 saturated heterocycles. The average Bonchev–Trinajstić information content (AvgIpc) is 2.74. The zero-order valence-corrected chi connectivity index (χ0v) is 16.3. The van der Waals surface area contributed by atoms with E-state index in [2.05, 4.69) is 5.32 Å². The van der Waals surface area contributed by atoms with Gasteiger partial charge >= 0.3 is 0 Å². The van der Waals surface area contributed by atoms with Crippen LogP contribution in [0.4, 0.5) is 0 Å². The topological polar surface area (TPSA) is 46.2 Å². The van der Waals surface area contributed by atoms with E-state index in [1.165, 1.54) is 0 Å². The maximum atomic E-state index is 12.3. The van der Waals surface area contributed by atoms with Crippen LogP contribution >= 0.6 is 11.6 Å². The highest BCUT2D eigenvalue weighted by atomic mass is 35.5. The van der Waals surface area contributed by atoms with Gasteiger partial charge in [-0.1, -0.05) is 66.2 Å². The molecule has 0 aromatic heterocycles. The summed E-state index contributed by atoms with van der Waals surface area (Å²) in [5, 5.41) is 3.48. The molecule has 0 spiro atoms. The van der Waals surface area contributed by atoms with Crippen molar-refractivity contribution in [3.63, 3.8) is 0 Å². The first-order valence-corrected chi connectivity index (χ1v) is 9.74. The first-order valence-electron chi connectivity index (χ1n) is 9.36. The summed E-state index contributed by atoms with van der Waals surface area (Å²) in [7, 11) is 0. The van der Waals surface area contributed by atoms with Crippen LogP contribution < -0.4 is 5.32 Å². The molecule has 3 aromatic carbocycles. The Bertz CT molecular complexity index is 936. The molecule has 0 fully saturated rings. The highest BCUT2D eigenvalue weighted by molar-refractivity contribution is 6.31. The van der Waals surface area contributed by atoms with Gasteiger partial charge in [-0.25, -0.2) is 0 Å². The van der Waals surface area contributed by atoms with Gasteiger partial charge in [0.2, 0.25) is 0 Å². The Balaban J connectivity index is 1.41. The van der Waals surface area contributed by atoms with Gasteiger partial charge in [-0.3, -0.25) is 9.59 Å². The second kappa shape index (κ2) is 9.86. The highest BCUT2D eigenvalue weighted by Crippen LogP contribution is 2.19. The zero-order valence-electron chi connectivity index (χ0n) is 15.5. The molecule has 0 aliphatic rings. The van der Waals surface area contributed by atoms with Crippen LogP contribution in [0.5, 0.6) is 0 Å². The van der Waals surface area contributed by atoms with Crippen molar-refractivity contribution >= 4 is 23.3 Å². The van der Waals surface area contributed by atoms with Crippen LogP contribution in [0.3, 0.4) is 0 Å². The van der Waals surface area contributed by atoms with Crippen molar-refractivity contribution < 1.29 is 9.59 Å². The molecular formula is C24H22ClNO2. The van der Waals surface area contributed by atoms with Crippen molar-refractivity contribution in [2.75, 3.05) is 6.54 Å². The summed E-state index contributed by atoms with van der Waals surface area (Å²) in [6.07, 6.45) is 1.92. The Labute approximate surface area is 170 Å². The van der Waals surface area contributed by atoms with E-state index in [-0.39, 0.29) is 11.7 Å². The molecule has 28 heavy (non-hydrogen) atoms. The van der Waals surface area contributed by atoms with Gasteiger partial charge in [0.05, 0.1) is 0 Å². The van der Waals surface area contributed by atoms with Gasteiger partial charge in [-0.15, -0.1) is 0 Å². The fraction of sp³-hybridized carbons (Fsp3) is 0.167. The zero-order chi connectivity index (χ0) is 19.8. The van der Waals surface area contributed by atoms with E-state index in [9.17, 15) is 9.59 Å². The number of Topliss-reactive ketones (excluding diaryl/α,β-unsaturated/α-hetero) is 1. The molecule has 0 bridgehead atoms. The third kappa shape index (κ3) is 5.54. The first kappa shape index (κ1) is 19.8. The summed E-state index contributed by atoms with van der Waals surface area (Å²) < 4.78 is 0. The third-order valence-corrected chi connectivity index (χ3v) is 4.75. The number of carbonyl (C=O) groups is 2. The van der Waals surface area contributed by atoms with Gasteiger partial charge in [0.1, 0.15) is 0 Å². The summed E-state index contributed by atoms with van der Waals surface area (Å²) in [6.45, 7) is 0.544. The summed E-state index contributed by atoms with van der Waals surface area (Å²) in [5.74, 6) is -0.0221. The van der Waals surface area contributed by atoms with E-state index in [0.717, 1.165) is 24.0 Å². The molecule has 0 aliphatic heterocycles. The van der Waals surface area contributed by atoms with Gasteiger partial charge < -0.3 is 5.32 Å². The van der Waals surface area contributed by atoms with Crippen LogP contribution in [0, 0.1) is 0 Å². The summed E-state index contributed by atoms with van der Waals surface area (Å²) in [4.78, 5) is 24.4. The van der Waals surface area contributed by atoms with Crippen molar-refractivity contribution in [3.8, 4) is 11.1 Å². The monoisotopic (exact) mass is 391 g/mol. The molecule has 1 amide bonds. The van der Waals surface area contributed by atoms with Crippen molar-refractivity contribution in [3.05, 3.63) is 95.0 Å². The lowest BCUT2D eigenvalue weighted by atomic mass is 10.0. The van der Waals surface area contributed by atoms with Crippen molar-refractivity contribution in [2.24, 2.45) is 0 Å². The fourth-order valence-electron chi connectivity index (χ4n) is 2.97. The van der Waals surface area contributed by atoms with E-state index >= 15 is 0 Å². The Morgan fingerprint density at radius 3 is 2.18 bits per heavy atom. The van der Waals surface area contributed by atoms with Gasteiger partial charge in [0.25, 0.3) is 5.91 Å². The van der Waals surface area contributed by atoms with Crippen molar-refractivity contribution in [1.29, 1.82) is 0 Å². The fourth-order valence-corrected chi connectivity index (χ4v) is 3.16. The number of ketones is 1. The maximum Gasteiger partial charge on any atom is 0.251 e. The van der Waals surface area contributed by atoms with Gasteiger partial charge in [0, 0.05) is 29.1 Å². The highest BCUT2D eigenvalue weighted by Gasteiger charge is 2.08. The summed E-state index contributed by atoms with van der Waals surface area (Å²) in [6, 6.07) is 24.6. The average molecular weight is 392 g/mol. The van der Waals surface area contributed by atoms with Crippen molar-refractivity contribution in [2.45, 2.75) is 19.3 Å². The van der Waals surface area contributed by atoms with Crippen LogP contribution in [0.15, 0.2) is 78.9 Å². The molecule has 0 saturated carbocycles. The maximum absolute atomic E-state index is 12.3. The quantitative estimate of drug-likeness (QED) is 0.390. The number of hydrogen-bond donors (Lipinski definition) is 1. The van der Waals surface area contributed by atoms with Gasteiger partial charge in [-0.05, 0) is 48.2 Å². The molecule has 0 aliphatic carbocycles. The number of carbonyl (C=O) groups excluding carboxylic acids is 2. The molecule has 0 unspecified atom stereocenters. The Kier molecular flexibility index (Phi) is 6.99.